The van der Waals surface area contributed by atoms with Gasteiger partial charge in [0.2, 0.25) is 0 Å². The van der Waals surface area contributed by atoms with Gasteiger partial charge in [0.05, 0.1) is 0 Å². The molecule has 1 fully saturated rings. The van der Waals surface area contributed by atoms with Gasteiger partial charge in [0, 0.05) is 18.0 Å². The molecule has 0 saturated heterocycles. The SMILES string of the molecule is Nc1ccc(CC(=O)C2CCCCC2)cc1. The number of Topliss-reactive ketones (excluding diaryl/α,β-unsaturated/α-hetero) is 1. The van der Waals surface area contributed by atoms with Crippen LogP contribution in [0.5, 0.6) is 0 Å². The number of carbonyl (C=O) groups is 1. The second kappa shape index (κ2) is 5.15. The summed E-state index contributed by atoms with van der Waals surface area (Å²) in [5.74, 6) is 0.718. The molecule has 1 aliphatic rings. The molecule has 1 aliphatic carbocycles. The van der Waals surface area contributed by atoms with Crippen molar-refractivity contribution in [3.8, 4) is 0 Å². The maximum absolute atomic E-state index is 12.0. The van der Waals surface area contributed by atoms with Gasteiger partial charge in [0.15, 0.2) is 0 Å². The summed E-state index contributed by atoms with van der Waals surface area (Å²) in [6.45, 7) is 0. The van der Waals surface area contributed by atoms with Gasteiger partial charge in [-0.05, 0) is 30.5 Å². The summed E-state index contributed by atoms with van der Waals surface area (Å²) < 4.78 is 0. The van der Waals surface area contributed by atoms with E-state index < -0.39 is 0 Å². The summed E-state index contributed by atoms with van der Waals surface area (Å²) in [5, 5.41) is 0. The largest absolute Gasteiger partial charge is 0.399 e. The van der Waals surface area contributed by atoms with Crippen molar-refractivity contribution in [1.82, 2.24) is 0 Å². The van der Waals surface area contributed by atoms with Crippen LogP contribution in [-0.4, -0.2) is 5.78 Å². The van der Waals surface area contributed by atoms with Gasteiger partial charge in [0.25, 0.3) is 0 Å². The van der Waals surface area contributed by atoms with E-state index in [1.165, 1.54) is 19.3 Å². The molecule has 16 heavy (non-hydrogen) atoms. The Morgan fingerprint density at radius 3 is 2.38 bits per heavy atom. The number of ketones is 1. The van der Waals surface area contributed by atoms with Crippen LogP contribution < -0.4 is 5.73 Å². The summed E-state index contributed by atoms with van der Waals surface area (Å²) in [7, 11) is 0. The first-order valence-corrected chi connectivity index (χ1v) is 6.13. The van der Waals surface area contributed by atoms with E-state index in [9.17, 15) is 4.79 Å². The van der Waals surface area contributed by atoms with Crippen LogP contribution in [0.2, 0.25) is 0 Å². The predicted molar refractivity (Wildman–Crippen MR) is 66.1 cm³/mol. The number of carbonyl (C=O) groups excluding carboxylic acids is 1. The van der Waals surface area contributed by atoms with Crippen molar-refractivity contribution in [2.24, 2.45) is 5.92 Å². The zero-order valence-corrected chi connectivity index (χ0v) is 9.61. The van der Waals surface area contributed by atoms with Crippen molar-refractivity contribution in [3.05, 3.63) is 29.8 Å². The Kier molecular flexibility index (Phi) is 3.60. The number of hydrogen-bond donors (Lipinski definition) is 1. The molecular weight excluding hydrogens is 198 g/mol. The van der Waals surface area contributed by atoms with Gasteiger partial charge in [-0.25, -0.2) is 0 Å². The Bertz CT molecular complexity index is 350. The maximum atomic E-state index is 12.0. The molecule has 0 atom stereocenters. The summed E-state index contributed by atoms with van der Waals surface area (Å²) in [6.07, 6.45) is 6.49. The fourth-order valence-electron chi connectivity index (χ4n) is 2.41. The maximum Gasteiger partial charge on any atom is 0.140 e. The molecule has 0 unspecified atom stereocenters. The van der Waals surface area contributed by atoms with Crippen molar-refractivity contribution < 1.29 is 4.79 Å². The average molecular weight is 217 g/mol. The van der Waals surface area contributed by atoms with Crippen LogP contribution in [-0.2, 0) is 11.2 Å². The van der Waals surface area contributed by atoms with Crippen molar-refractivity contribution in [1.29, 1.82) is 0 Å². The van der Waals surface area contributed by atoms with E-state index in [1.54, 1.807) is 0 Å². The number of anilines is 1. The number of hydrogen-bond acceptors (Lipinski definition) is 2. The summed E-state index contributed by atoms with van der Waals surface area (Å²) in [6, 6.07) is 7.64. The van der Waals surface area contributed by atoms with Crippen LogP contribution in [0.3, 0.4) is 0 Å². The molecule has 0 aliphatic heterocycles. The molecule has 1 aromatic carbocycles. The van der Waals surface area contributed by atoms with Crippen LogP contribution >= 0.6 is 0 Å². The molecule has 0 amide bonds. The molecule has 0 radical (unpaired) electrons. The zero-order valence-electron chi connectivity index (χ0n) is 9.61. The van der Waals surface area contributed by atoms with E-state index in [0.717, 1.165) is 24.1 Å². The minimum Gasteiger partial charge on any atom is -0.399 e. The van der Waals surface area contributed by atoms with Crippen molar-refractivity contribution in [2.75, 3.05) is 5.73 Å². The molecule has 86 valence electrons. The lowest BCUT2D eigenvalue weighted by Gasteiger charge is -2.20. The average Bonchev–Trinajstić information content (AvgIpc) is 2.33. The molecule has 2 heteroatoms. The smallest absolute Gasteiger partial charge is 0.140 e. The lowest BCUT2D eigenvalue weighted by atomic mass is 9.84. The van der Waals surface area contributed by atoms with Gasteiger partial charge in [-0.1, -0.05) is 31.4 Å². The monoisotopic (exact) mass is 217 g/mol. The Labute approximate surface area is 96.8 Å². The fraction of sp³-hybridized carbons (Fsp3) is 0.500. The Morgan fingerprint density at radius 1 is 1.12 bits per heavy atom. The van der Waals surface area contributed by atoms with E-state index >= 15 is 0 Å². The lowest BCUT2D eigenvalue weighted by molar-refractivity contribution is -0.123. The lowest BCUT2D eigenvalue weighted by Crippen LogP contribution is -2.19. The molecule has 2 nitrogen and oxygen atoms in total. The third-order valence-corrected chi connectivity index (χ3v) is 3.42. The molecule has 2 rings (SSSR count). The van der Waals surface area contributed by atoms with Crippen molar-refractivity contribution in [3.63, 3.8) is 0 Å². The molecule has 1 saturated carbocycles. The van der Waals surface area contributed by atoms with Crippen molar-refractivity contribution >= 4 is 11.5 Å². The van der Waals surface area contributed by atoms with Crippen molar-refractivity contribution in [2.45, 2.75) is 38.5 Å². The third kappa shape index (κ3) is 2.84. The Morgan fingerprint density at radius 2 is 1.75 bits per heavy atom. The normalized spacial score (nSPS) is 17.2. The molecule has 2 N–H and O–H groups in total. The molecule has 0 spiro atoms. The van der Waals surface area contributed by atoms with Gasteiger partial charge in [-0.3, -0.25) is 4.79 Å². The van der Waals surface area contributed by atoms with Gasteiger partial charge in [-0.2, -0.15) is 0 Å². The van der Waals surface area contributed by atoms with Gasteiger partial charge >= 0.3 is 0 Å². The molecule has 0 aromatic heterocycles. The highest BCUT2D eigenvalue weighted by Gasteiger charge is 2.20. The van der Waals surface area contributed by atoms with E-state index in [0.29, 0.717) is 18.1 Å². The summed E-state index contributed by atoms with van der Waals surface area (Å²) in [5.41, 5.74) is 7.46. The molecule has 1 aromatic rings. The summed E-state index contributed by atoms with van der Waals surface area (Å²) in [4.78, 5) is 12.0. The first kappa shape index (κ1) is 11.2. The molecular formula is C14H19NO. The predicted octanol–water partition coefficient (Wildman–Crippen LogP) is 2.96. The summed E-state index contributed by atoms with van der Waals surface area (Å²) >= 11 is 0. The minimum atomic E-state index is 0.311. The molecule has 0 bridgehead atoms. The number of nitrogen functional groups attached to an aromatic ring is 1. The van der Waals surface area contributed by atoms with E-state index in [-0.39, 0.29) is 0 Å². The highest BCUT2D eigenvalue weighted by atomic mass is 16.1. The van der Waals surface area contributed by atoms with E-state index in [1.807, 2.05) is 24.3 Å². The van der Waals surface area contributed by atoms with Crippen LogP contribution in [0.15, 0.2) is 24.3 Å². The Balaban J connectivity index is 1.93. The minimum absolute atomic E-state index is 0.311. The van der Waals surface area contributed by atoms with Gasteiger partial charge in [0.1, 0.15) is 5.78 Å². The quantitative estimate of drug-likeness (QED) is 0.791. The highest BCUT2D eigenvalue weighted by molar-refractivity contribution is 5.83. The van der Waals surface area contributed by atoms with Gasteiger partial charge < -0.3 is 5.73 Å². The van der Waals surface area contributed by atoms with Crippen LogP contribution in [0, 0.1) is 5.92 Å². The highest BCUT2D eigenvalue weighted by Crippen LogP contribution is 2.25. The standard InChI is InChI=1S/C14H19NO/c15-13-8-6-11(7-9-13)10-14(16)12-4-2-1-3-5-12/h6-9,12H,1-5,10,15H2. The zero-order chi connectivity index (χ0) is 11.4. The van der Waals surface area contributed by atoms with Crippen LogP contribution in [0.1, 0.15) is 37.7 Å². The van der Waals surface area contributed by atoms with Crippen LogP contribution in [0.25, 0.3) is 0 Å². The topological polar surface area (TPSA) is 43.1 Å². The number of rotatable bonds is 3. The second-order valence-electron chi connectivity index (χ2n) is 4.72. The number of benzene rings is 1. The molecule has 0 heterocycles. The first-order chi connectivity index (χ1) is 7.75. The fourth-order valence-corrected chi connectivity index (χ4v) is 2.41. The van der Waals surface area contributed by atoms with E-state index in [4.69, 9.17) is 5.73 Å². The van der Waals surface area contributed by atoms with Gasteiger partial charge in [-0.15, -0.1) is 0 Å². The van der Waals surface area contributed by atoms with Crippen LogP contribution in [0.4, 0.5) is 5.69 Å². The second-order valence-corrected chi connectivity index (χ2v) is 4.72. The third-order valence-electron chi connectivity index (χ3n) is 3.42. The van der Waals surface area contributed by atoms with E-state index in [2.05, 4.69) is 0 Å². The number of nitrogens with two attached hydrogens (primary N) is 1. The first-order valence-electron chi connectivity index (χ1n) is 6.13. The Hall–Kier alpha value is -1.31.